The summed E-state index contributed by atoms with van der Waals surface area (Å²) in [4.78, 5) is 12.4. The molecule has 2 aromatic rings. The third kappa shape index (κ3) is 7.19. The van der Waals surface area contributed by atoms with Gasteiger partial charge in [-0.1, -0.05) is 56.2 Å². The van der Waals surface area contributed by atoms with Crippen LogP contribution < -0.4 is 15.3 Å². The smallest absolute Gasteiger partial charge is 0.307 e. The van der Waals surface area contributed by atoms with Crippen LogP contribution in [0.4, 0.5) is 10.5 Å². The Morgan fingerprint density at radius 3 is 1.81 bits per heavy atom. The quantitative estimate of drug-likeness (QED) is 0.401. The molecular weight excluding hydrogens is 499 g/mol. The predicted molar refractivity (Wildman–Crippen MR) is 140 cm³/mol. The van der Waals surface area contributed by atoms with Gasteiger partial charge < -0.3 is 14.4 Å². The Morgan fingerprint density at radius 1 is 0.806 bits per heavy atom. The predicted octanol–water partition coefficient (Wildman–Crippen LogP) is 6.02. The highest BCUT2D eigenvalue weighted by Gasteiger charge is 2.35. The second kappa shape index (κ2) is 11.9. The number of amides is 2. The number of carbonyl (C=O) groups excluding carboxylic acids is 1. The van der Waals surface area contributed by atoms with Gasteiger partial charge >= 0.3 is 13.6 Å². The van der Waals surface area contributed by atoms with Gasteiger partial charge in [-0.15, -0.1) is 0 Å². The molecular formula is C26H35N2O6PS. The fourth-order valence-corrected chi connectivity index (χ4v) is 7.58. The summed E-state index contributed by atoms with van der Waals surface area (Å²) in [5.74, 6) is 0. The Balaban J connectivity index is 1.44. The summed E-state index contributed by atoms with van der Waals surface area (Å²) in [7, 11) is -7.57. The molecule has 196 valence electrons. The normalized spacial score (nSPS) is 18.0. The van der Waals surface area contributed by atoms with Gasteiger partial charge in [-0.05, 0) is 69.0 Å². The number of nitrogens with one attached hydrogen (secondary N) is 2. The number of hydrogen-bond donors (Lipinski definition) is 2. The van der Waals surface area contributed by atoms with Crippen molar-refractivity contribution in [3.05, 3.63) is 54.1 Å². The third-order valence-corrected chi connectivity index (χ3v) is 10.1. The average molecular weight is 535 g/mol. The van der Waals surface area contributed by atoms with Gasteiger partial charge in [-0.3, -0.25) is 4.57 Å². The molecule has 2 amide bonds. The largest absolute Gasteiger partial charge is 0.361 e. The fraction of sp³-hybridized carbons (Fsp3) is 0.500. The lowest BCUT2D eigenvalue weighted by Gasteiger charge is -2.31. The van der Waals surface area contributed by atoms with E-state index in [4.69, 9.17) is 9.05 Å². The van der Waals surface area contributed by atoms with Gasteiger partial charge in [0, 0.05) is 5.69 Å². The second-order valence-electron chi connectivity index (χ2n) is 9.65. The van der Waals surface area contributed by atoms with Crippen molar-refractivity contribution >= 4 is 34.6 Å². The van der Waals surface area contributed by atoms with Crippen LogP contribution in [0, 0.1) is 6.92 Å². The van der Waals surface area contributed by atoms with E-state index in [0.717, 1.165) is 69.8 Å². The lowest BCUT2D eigenvalue weighted by atomic mass is 9.98. The number of urea groups is 1. The van der Waals surface area contributed by atoms with E-state index in [2.05, 4.69) is 5.32 Å². The monoisotopic (exact) mass is 534 g/mol. The maximum Gasteiger partial charge on any atom is 0.361 e. The van der Waals surface area contributed by atoms with Crippen molar-refractivity contribution in [2.45, 2.75) is 88.2 Å². The number of sulfonamides is 1. The Morgan fingerprint density at radius 2 is 1.31 bits per heavy atom. The molecule has 0 bridgehead atoms. The van der Waals surface area contributed by atoms with Gasteiger partial charge in [0.05, 0.1) is 22.4 Å². The van der Waals surface area contributed by atoms with E-state index in [0.29, 0.717) is 11.0 Å². The maximum atomic E-state index is 14.0. The second-order valence-corrected chi connectivity index (χ2v) is 13.3. The van der Waals surface area contributed by atoms with Crippen molar-refractivity contribution in [3.8, 4) is 0 Å². The van der Waals surface area contributed by atoms with Crippen molar-refractivity contribution in [1.82, 2.24) is 4.72 Å². The highest BCUT2D eigenvalue weighted by molar-refractivity contribution is 7.90. The number of aryl methyl sites for hydroxylation is 1. The molecule has 0 aromatic heterocycles. The maximum absolute atomic E-state index is 14.0. The summed E-state index contributed by atoms with van der Waals surface area (Å²) >= 11 is 0. The van der Waals surface area contributed by atoms with E-state index < -0.39 is 23.7 Å². The van der Waals surface area contributed by atoms with Crippen molar-refractivity contribution in [3.63, 3.8) is 0 Å². The molecule has 2 aliphatic carbocycles. The summed E-state index contributed by atoms with van der Waals surface area (Å²) in [6.45, 7) is 1.85. The van der Waals surface area contributed by atoms with Gasteiger partial charge in [0.2, 0.25) is 0 Å². The molecule has 0 spiro atoms. The van der Waals surface area contributed by atoms with Crippen LogP contribution in [-0.4, -0.2) is 26.7 Å². The van der Waals surface area contributed by atoms with Crippen LogP contribution in [0.3, 0.4) is 0 Å². The van der Waals surface area contributed by atoms with Crippen molar-refractivity contribution in [1.29, 1.82) is 0 Å². The first kappa shape index (κ1) is 26.9. The molecule has 8 nitrogen and oxygen atoms in total. The van der Waals surface area contributed by atoms with Crippen LogP contribution in [0.2, 0.25) is 0 Å². The molecule has 0 aliphatic heterocycles. The van der Waals surface area contributed by atoms with E-state index in [1.165, 1.54) is 12.1 Å². The summed E-state index contributed by atoms with van der Waals surface area (Å²) in [5, 5.41) is 2.96. The number of rotatable bonds is 8. The molecule has 0 atom stereocenters. The zero-order valence-corrected chi connectivity index (χ0v) is 22.4. The molecule has 2 fully saturated rings. The van der Waals surface area contributed by atoms with Crippen molar-refractivity contribution in [2.24, 2.45) is 0 Å². The van der Waals surface area contributed by atoms with Crippen LogP contribution >= 0.6 is 7.60 Å². The molecule has 0 heterocycles. The Kier molecular flexibility index (Phi) is 8.88. The van der Waals surface area contributed by atoms with Gasteiger partial charge in [0.15, 0.2) is 0 Å². The number of carbonyl (C=O) groups is 1. The molecule has 2 N–H and O–H groups in total. The summed E-state index contributed by atoms with van der Waals surface area (Å²) in [5.41, 5.74) is 1.27. The van der Waals surface area contributed by atoms with E-state index in [1.807, 2.05) is 11.6 Å². The molecule has 10 heteroatoms. The third-order valence-electron chi connectivity index (χ3n) is 6.68. The van der Waals surface area contributed by atoms with Crippen LogP contribution in [-0.2, 0) is 23.6 Å². The van der Waals surface area contributed by atoms with Gasteiger partial charge in [0.1, 0.15) is 0 Å². The van der Waals surface area contributed by atoms with Gasteiger partial charge in [-0.25, -0.2) is 17.9 Å². The summed E-state index contributed by atoms with van der Waals surface area (Å²) < 4.78 is 53.3. The van der Waals surface area contributed by atoms with Gasteiger partial charge in [0.25, 0.3) is 10.0 Å². The molecule has 36 heavy (non-hydrogen) atoms. The molecule has 2 saturated carbocycles. The molecule has 0 radical (unpaired) electrons. The van der Waals surface area contributed by atoms with E-state index >= 15 is 0 Å². The zero-order valence-electron chi connectivity index (χ0n) is 20.6. The van der Waals surface area contributed by atoms with E-state index in [-0.39, 0.29) is 17.1 Å². The molecule has 2 aliphatic rings. The molecule has 2 aromatic carbocycles. The highest BCUT2D eigenvalue weighted by atomic mass is 32.2. The Labute approximate surface area is 213 Å². The first-order valence-electron chi connectivity index (χ1n) is 12.7. The number of benzene rings is 2. The standard InChI is InChI=1S/C26H35N2O6PS/c1-20-12-18-25(19-13-20)36(31,32)28-26(29)27-21-14-16-24(17-15-21)35(30,33-22-8-4-2-5-9-22)34-23-10-6-3-7-11-23/h12-19,22-23H,2-11H2,1H3,(H2,27,28,29). The van der Waals surface area contributed by atoms with E-state index in [1.54, 1.807) is 36.4 Å². The molecule has 0 unspecified atom stereocenters. The number of anilines is 1. The lowest BCUT2D eigenvalue weighted by molar-refractivity contribution is 0.0846. The Bertz CT molecular complexity index is 1150. The van der Waals surface area contributed by atoms with Crippen molar-refractivity contribution in [2.75, 3.05) is 5.32 Å². The van der Waals surface area contributed by atoms with Crippen LogP contribution in [0.1, 0.15) is 69.8 Å². The minimum atomic E-state index is -4.01. The minimum absolute atomic E-state index is 0.000686. The first-order chi connectivity index (χ1) is 17.2. The minimum Gasteiger partial charge on any atom is -0.307 e. The van der Waals surface area contributed by atoms with Crippen molar-refractivity contribution < 1.29 is 26.8 Å². The summed E-state index contributed by atoms with van der Waals surface area (Å²) in [6.07, 6.45) is 9.82. The molecule has 0 saturated heterocycles. The average Bonchev–Trinajstić information content (AvgIpc) is 2.85. The highest BCUT2D eigenvalue weighted by Crippen LogP contribution is 2.52. The zero-order chi connectivity index (χ0) is 25.6. The summed E-state index contributed by atoms with van der Waals surface area (Å²) in [6, 6.07) is 11.7. The van der Waals surface area contributed by atoms with Crippen LogP contribution in [0.15, 0.2) is 53.4 Å². The topological polar surface area (TPSA) is 111 Å². The van der Waals surface area contributed by atoms with Crippen LogP contribution in [0.25, 0.3) is 0 Å². The van der Waals surface area contributed by atoms with Crippen LogP contribution in [0.5, 0.6) is 0 Å². The van der Waals surface area contributed by atoms with Gasteiger partial charge in [-0.2, -0.15) is 0 Å². The number of hydrogen-bond acceptors (Lipinski definition) is 6. The SMILES string of the molecule is Cc1ccc(S(=O)(=O)NC(=O)Nc2ccc(P(=O)(OC3CCCCC3)OC3CCCCC3)cc2)cc1. The first-order valence-corrected chi connectivity index (χ1v) is 15.7. The molecule has 4 rings (SSSR count). The van der Waals surface area contributed by atoms with E-state index in [9.17, 15) is 17.8 Å². The Hall–Kier alpha value is -2.19. The fourth-order valence-electron chi connectivity index (χ4n) is 4.66. The lowest BCUT2D eigenvalue weighted by Crippen LogP contribution is -2.34.